The summed E-state index contributed by atoms with van der Waals surface area (Å²) in [5.41, 5.74) is 1.18. The van der Waals surface area contributed by atoms with E-state index in [1.165, 1.54) is 0 Å². The molecule has 2 rings (SSSR count). The normalized spacial score (nSPS) is 16.5. The fraction of sp³-hybridized carbons (Fsp3) is 0.556. The molecule has 0 radical (unpaired) electrons. The standard InChI is InChI=1S/C18H27N3O3/c1-19-16(22)15-6-4-14(5-7-15)12-21(2)17(23)18(13-24-3)8-10-20-11-9-18/h4-7,20H,8-13H2,1-3H3,(H,19,22). The lowest BCUT2D eigenvalue weighted by Crippen LogP contribution is -2.50. The highest BCUT2D eigenvalue weighted by Crippen LogP contribution is 2.31. The van der Waals surface area contributed by atoms with Crippen molar-refractivity contribution in [2.75, 3.05) is 40.9 Å². The summed E-state index contributed by atoms with van der Waals surface area (Å²) in [4.78, 5) is 26.3. The molecule has 0 spiro atoms. The van der Waals surface area contributed by atoms with E-state index in [4.69, 9.17) is 4.74 Å². The predicted molar refractivity (Wildman–Crippen MR) is 92.7 cm³/mol. The molecule has 1 saturated heterocycles. The number of benzene rings is 1. The van der Waals surface area contributed by atoms with Gasteiger partial charge in [-0.3, -0.25) is 9.59 Å². The summed E-state index contributed by atoms with van der Waals surface area (Å²) in [6.45, 7) is 2.65. The summed E-state index contributed by atoms with van der Waals surface area (Å²) in [6.07, 6.45) is 1.58. The molecule has 1 aromatic rings. The molecule has 0 bridgehead atoms. The molecule has 24 heavy (non-hydrogen) atoms. The number of hydrogen-bond donors (Lipinski definition) is 2. The fourth-order valence-corrected chi connectivity index (χ4v) is 3.26. The Morgan fingerprint density at radius 3 is 2.42 bits per heavy atom. The van der Waals surface area contributed by atoms with E-state index in [-0.39, 0.29) is 11.8 Å². The zero-order valence-electron chi connectivity index (χ0n) is 14.7. The van der Waals surface area contributed by atoms with E-state index < -0.39 is 5.41 Å². The van der Waals surface area contributed by atoms with Crippen LogP contribution in [0.5, 0.6) is 0 Å². The average molecular weight is 333 g/mol. The highest BCUT2D eigenvalue weighted by Gasteiger charge is 2.41. The molecule has 6 heteroatoms. The highest BCUT2D eigenvalue weighted by atomic mass is 16.5. The molecule has 0 unspecified atom stereocenters. The minimum absolute atomic E-state index is 0.111. The average Bonchev–Trinajstić information content (AvgIpc) is 2.62. The number of methoxy groups -OCH3 is 1. The van der Waals surface area contributed by atoms with Gasteiger partial charge in [0.2, 0.25) is 5.91 Å². The van der Waals surface area contributed by atoms with Gasteiger partial charge >= 0.3 is 0 Å². The van der Waals surface area contributed by atoms with Gasteiger partial charge in [0.05, 0.1) is 12.0 Å². The van der Waals surface area contributed by atoms with Gasteiger partial charge in [0.15, 0.2) is 0 Å². The minimum atomic E-state index is -0.434. The molecule has 6 nitrogen and oxygen atoms in total. The Kier molecular flexibility index (Phi) is 6.34. The van der Waals surface area contributed by atoms with E-state index in [1.54, 1.807) is 31.2 Å². The maximum Gasteiger partial charge on any atom is 0.251 e. The zero-order chi connectivity index (χ0) is 17.6. The maximum atomic E-state index is 13.0. The van der Waals surface area contributed by atoms with E-state index in [0.29, 0.717) is 18.7 Å². The summed E-state index contributed by atoms with van der Waals surface area (Å²) in [6, 6.07) is 7.34. The Hall–Kier alpha value is -1.92. The minimum Gasteiger partial charge on any atom is -0.384 e. The lowest BCUT2D eigenvalue weighted by atomic mass is 9.78. The van der Waals surface area contributed by atoms with E-state index in [2.05, 4.69) is 10.6 Å². The summed E-state index contributed by atoms with van der Waals surface area (Å²) in [5.74, 6) is 0.0148. The molecule has 1 heterocycles. The molecule has 0 aliphatic carbocycles. The van der Waals surface area contributed by atoms with Crippen molar-refractivity contribution in [1.82, 2.24) is 15.5 Å². The Bertz CT molecular complexity index is 560. The van der Waals surface area contributed by atoms with Crippen LogP contribution < -0.4 is 10.6 Å². The van der Waals surface area contributed by atoms with E-state index in [9.17, 15) is 9.59 Å². The molecular formula is C18H27N3O3. The van der Waals surface area contributed by atoms with Crippen LogP contribution in [0.3, 0.4) is 0 Å². The van der Waals surface area contributed by atoms with E-state index in [1.807, 2.05) is 19.2 Å². The number of nitrogens with zero attached hydrogens (tertiary/aromatic N) is 1. The van der Waals surface area contributed by atoms with Crippen LogP contribution in [0.25, 0.3) is 0 Å². The summed E-state index contributed by atoms with van der Waals surface area (Å²) >= 11 is 0. The van der Waals surface area contributed by atoms with E-state index in [0.717, 1.165) is 31.5 Å². The van der Waals surface area contributed by atoms with Crippen LogP contribution in [0.15, 0.2) is 24.3 Å². The lowest BCUT2D eigenvalue weighted by molar-refractivity contribution is -0.146. The second-order valence-electron chi connectivity index (χ2n) is 6.40. The van der Waals surface area contributed by atoms with Crippen molar-refractivity contribution in [3.63, 3.8) is 0 Å². The van der Waals surface area contributed by atoms with Gasteiger partial charge in [-0.25, -0.2) is 0 Å². The van der Waals surface area contributed by atoms with Gasteiger partial charge in [-0.15, -0.1) is 0 Å². The van der Waals surface area contributed by atoms with E-state index >= 15 is 0 Å². The number of ether oxygens (including phenoxy) is 1. The molecule has 0 atom stereocenters. The van der Waals surface area contributed by atoms with Crippen molar-refractivity contribution < 1.29 is 14.3 Å². The van der Waals surface area contributed by atoms with Crippen molar-refractivity contribution in [1.29, 1.82) is 0 Å². The molecule has 0 saturated carbocycles. The Balaban J connectivity index is 2.05. The number of nitrogens with one attached hydrogen (secondary N) is 2. The molecule has 0 aromatic heterocycles. The van der Waals surface area contributed by atoms with Crippen LogP contribution in [-0.2, 0) is 16.1 Å². The predicted octanol–water partition coefficient (Wildman–Crippen LogP) is 1.02. The first kappa shape index (κ1) is 18.4. The van der Waals surface area contributed by atoms with Gasteiger partial charge in [0, 0.05) is 33.3 Å². The first-order valence-electron chi connectivity index (χ1n) is 8.28. The van der Waals surface area contributed by atoms with Crippen LogP contribution in [0.2, 0.25) is 0 Å². The third-order valence-electron chi connectivity index (χ3n) is 4.64. The van der Waals surface area contributed by atoms with Gasteiger partial charge in [0.1, 0.15) is 0 Å². The summed E-state index contributed by atoms with van der Waals surface area (Å²) < 4.78 is 5.34. The Morgan fingerprint density at radius 1 is 1.25 bits per heavy atom. The molecule has 1 aliphatic rings. The number of carbonyl (C=O) groups excluding carboxylic acids is 2. The van der Waals surface area contributed by atoms with Crippen molar-refractivity contribution in [2.45, 2.75) is 19.4 Å². The van der Waals surface area contributed by atoms with Gasteiger partial charge < -0.3 is 20.3 Å². The number of amides is 2. The smallest absolute Gasteiger partial charge is 0.251 e. The lowest BCUT2D eigenvalue weighted by Gasteiger charge is -2.38. The van der Waals surface area contributed by atoms with Crippen molar-refractivity contribution in [3.05, 3.63) is 35.4 Å². The van der Waals surface area contributed by atoms with Gasteiger partial charge in [-0.1, -0.05) is 12.1 Å². The topological polar surface area (TPSA) is 70.7 Å². The van der Waals surface area contributed by atoms with Crippen LogP contribution in [0.4, 0.5) is 0 Å². The van der Waals surface area contributed by atoms with Crippen molar-refractivity contribution >= 4 is 11.8 Å². The van der Waals surface area contributed by atoms with Crippen molar-refractivity contribution in [3.8, 4) is 0 Å². The Labute approximate surface area is 143 Å². The maximum absolute atomic E-state index is 13.0. The van der Waals surface area contributed by atoms with Gasteiger partial charge in [-0.05, 0) is 43.6 Å². The summed E-state index contributed by atoms with van der Waals surface area (Å²) in [5, 5.41) is 5.90. The van der Waals surface area contributed by atoms with Gasteiger partial charge in [-0.2, -0.15) is 0 Å². The van der Waals surface area contributed by atoms with Gasteiger partial charge in [0.25, 0.3) is 5.91 Å². The second-order valence-corrected chi connectivity index (χ2v) is 6.40. The van der Waals surface area contributed by atoms with Crippen LogP contribution >= 0.6 is 0 Å². The fourth-order valence-electron chi connectivity index (χ4n) is 3.26. The number of rotatable bonds is 6. The second kappa shape index (κ2) is 8.26. The first-order chi connectivity index (χ1) is 11.5. The number of piperidine rings is 1. The SMILES string of the molecule is CNC(=O)c1ccc(CN(C)C(=O)C2(COC)CCNCC2)cc1. The molecular weight excluding hydrogens is 306 g/mol. The van der Waals surface area contributed by atoms with Crippen LogP contribution in [-0.4, -0.2) is 57.6 Å². The summed E-state index contributed by atoms with van der Waals surface area (Å²) in [7, 11) is 5.08. The number of carbonyl (C=O) groups is 2. The molecule has 2 N–H and O–H groups in total. The number of hydrogen-bond acceptors (Lipinski definition) is 4. The third-order valence-corrected chi connectivity index (χ3v) is 4.64. The third kappa shape index (κ3) is 4.13. The monoisotopic (exact) mass is 333 g/mol. The van der Waals surface area contributed by atoms with Crippen LogP contribution in [0, 0.1) is 5.41 Å². The first-order valence-corrected chi connectivity index (χ1v) is 8.28. The molecule has 132 valence electrons. The van der Waals surface area contributed by atoms with Crippen LogP contribution in [0.1, 0.15) is 28.8 Å². The zero-order valence-corrected chi connectivity index (χ0v) is 14.7. The van der Waals surface area contributed by atoms with Crippen molar-refractivity contribution in [2.24, 2.45) is 5.41 Å². The highest BCUT2D eigenvalue weighted by molar-refractivity contribution is 5.93. The quantitative estimate of drug-likeness (QED) is 0.815. The Morgan fingerprint density at radius 2 is 1.88 bits per heavy atom. The molecule has 1 fully saturated rings. The molecule has 1 aliphatic heterocycles. The largest absolute Gasteiger partial charge is 0.384 e. The molecule has 1 aromatic carbocycles. The molecule has 2 amide bonds.